The Morgan fingerprint density at radius 1 is 1.54 bits per heavy atom. The van der Waals surface area contributed by atoms with Crippen LogP contribution in [0.5, 0.6) is 0 Å². The lowest BCUT2D eigenvalue weighted by atomic mass is 9.81. The molecule has 0 bridgehead atoms. The highest BCUT2D eigenvalue weighted by Gasteiger charge is 2.42. The van der Waals surface area contributed by atoms with E-state index in [0.717, 1.165) is 25.7 Å². The number of carbonyl (C=O) groups is 1. The third-order valence-corrected chi connectivity index (χ3v) is 3.09. The summed E-state index contributed by atoms with van der Waals surface area (Å²) in [6.07, 6.45) is 4.42. The quantitative estimate of drug-likeness (QED) is 0.731. The van der Waals surface area contributed by atoms with Crippen molar-refractivity contribution in [2.45, 2.75) is 45.1 Å². The summed E-state index contributed by atoms with van der Waals surface area (Å²) < 4.78 is 5.12. The van der Waals surface area contributed by atoms with Gasteiger partial charge in [-0.2, -0.15) is 0 Å². The SMILES string of the molecule is COC(C)CC1(C(=O)O)CCCC1. The molecule has 76 valence electrons. The predicted octanol–water partition coefficient (Wildman–Crippen LogP) is 2.06. The number of aliphatic carboxylic acids is 1. The fraction of sp³-hybridized carbons (Fsp3) is 0.900. The van der Waals surface area contributed by atoms with Crippen LogP contribution in [0, 0.1) is 5.41 Å². The van der Waals surface area contributed by atoms with Crippen molar-refractivity contribution in [1.82, 2.24) is 0 Å². The third kappa shape index (κ3) is 2.21. The smallest absolute Gasteiger partial charge is 0.309 e. The summed E-state index contributed by atoms with van der Waals surface area (Å²) in [5, 5.41) is 9.15. The lowest BCUT2D eigenvalue weighted by molar-refractivity contribution is -0.150. The third-order valence-electron chi connectivity index (χ3n) is 3.09. The van der Waals surface area contributed by atoms with Crippen molar-refractivity contribution in [3.63, 3.8) is 0 Å². The number of rotatable bonds is 4. The number of hydrogen-bond acceptors (Lipinski definition) is 2. The molecule has 3 nitrogen and oxygen atoms in total. The van der Waals surface area contributed by atoms with Gasteiger partial charge in [-0.05, 0) is 26.2 Å². The van der Waals surface area contributed by atoms with E-state index in [0.29, 0.717) is 6.42 Å². The first-order chi connectivity index (χ1) is 6.10. The molecule has 1 fully saturated rings. The van der Waals surface area contributed by atoms with E-state index in [9.17, 15) is 4.79 Å². The van der Waals surface area contributed by atoms with Gasteiger partial charge >= 0.3 is 5.97 Å². The van der Waals surface area contributed by atoms with E-state index in [4.69, 9.17) is 9.84 Å². The Hall–Kier alpha value is -0.570. The summed E-state index contributed by atoms with van der Waals surface area (Å²) >= 11 is 0. The van der Waals surface area contributed by atoms with Crippen LogP contribution in [-0.2, 0) is 9.53 Å². The lowest BCUT2D eigenvalue weighted by Gasteiger charge is -2.26. The van der Waals surface area contributed by atoms with Gasteiger partial charge < -0.3 is 9.84 Å². The molecular formula is C10H18O3. The van der Waals surface area contributed by atoms with Crippen LogP contribution in [0.4, 0.5) is 0 Å². The maximum absolute atomic E-state index is 11.1. The Morgan fingerprint density at radius 2 is 2.08 bits per heavy atom. The highest BCUT2D eigenvalue weighted by atomic mass is 16.5. The molecule has 0 heterocycles. The van der Waals surface area contributed by atoms with Crippen molar-refractivity contribution in [2.24, 2.45) is 5.41 Å². The summed E-state index contributed by atoms with van der Waals surface area (Å²) in [4.78, 5) is 11.1. The molecule has 1 aliphatic rings. The van der Waals surface area contributed by atoms with Crippen LogP contribution in [0.15, 0.2) is 0 Å². The summed E-state index contributed by atoms with van der Waals surface area (Å²) in [5.74, 6) is -0.645. The van der Waals surface area contributed by atoms with E-state index < -0.39 is 11.4 Å². The van der Waals surface area contributed by atoms with Crippen molar-refractivity contribution in [2.75, 3.05) is 7.11 Å². The van der Waals surface area contributed by atoms with E-state index >= 15 is 0 Å². The zero-order valence-corrected chi connectivity index (χ0v) is 8.38. The normalized spacial score (nSPS) is 22.9. The van der Waals surface area contributed by atoms with Crippen molar-refractivity contribution >= 4 is 5.97 Å². The lowest BCUT2D eigenvalue weighted by Crippen LogP contribution is -2.31. The molecule has 1 rings (SSSR count). The van der Waals surface area contributed by atoms with Crippen molar-refractivity contribution < 1.29 is 14.6 Å². The van der Waals surface area contributed by atoms with Gasteiger partial charge in [0.15, 0.2) is 0 Å². The Kier molecular flexibility index (Phi) is 3.31. The van der Waals surface area contributed by atoms with Gasteiger partial charge in [0.05, 0.1) is 11.5 Å². The molecule has 0 aromatic carbocycles. The Bertz CT molecular complexity index is 183. The molecule has 0 amide bonds. The molecule has 0 aliphatic heterocycles. The van der Waals surface area contributed by atoms with Gasteiger partial charge in [-0.3, -0.25) is 4.79 Å². The van der Waals surface area contributed by atoms with Crippen LogP contribution < -0.4 is 0 Å². The van der Waals surface area contributed by atoms with Gasteiger partial charge in [-0.25, -0.2) is 0 Å². The largest absolute Gasteiger partial charge is 0.481 e. The maximum Gasteiger partial charge on any atom is 0.309 e. The van der Waals surface area contributed by atoms with Crippen molar-refractivity contribution in [3.8, 4) is 0 Å². The first-order valence-electron chi connectivity index (χ1n) is 4.87. The Labute approximate surface area is 79.1 Å². The van der Waals surface area contributed by atoms with Crippen LogP contribution in [0.1, 0.15) is 39.0 Å². The van der Waals surface area contributed by atoms with Crippen LogP contribution >= 0.6 is 0 Å². The fourth-order valence-corrected chi connectivity index (χ4v) is 2.19. The van der Waals surface area contributed by atoms with Crippen LogP contribution in [0.2, 0.25) is 0 Å². The van der Waals surface area contributed by atoms with Gasteiger partial charge in [-0.15, -0.1) is 0 Å². The van der Waals surface area contributed by atoms with Crippen LogP contribution in [-0.4, -0.2) is 24.3 Å². The molecule has 0 radical (unpaired) electrons. The molecule has 0 aromatic heterocycles. The molecule has 1 unspecified atom stereocenters. The van der Waals surface area contributed by atoms with Gasteiger partial charge in [0.25, 0.3) is 0 Å². The van der Waals surface area contributed by atoms with Gasteiger partial charge in [0.2, 0.25) is 0 Å². The zero-order chi connectivity index (χ0) is 9.90. The highest BCUT2D eigenvalue weighted by Crippen LogP contribution is 2.42. The van der Waals surface area contributed by atoms with E-state index in [-0.39, 0.29) is 6.10 Å². The molecule has 0 aromatic rings. The minimum Gasteiger partial charge on any atom is -0.481 e. The number of ether oxygens (including phenoxy) is 1. The Balaban J connectivity index is 2.62. The average molecular weight is 186 g/mol. The summed E-state index contributed by atoms with van der Waals surface area (Å²) in [7, 11) is 1.63. The standard InChI is InChI=1S/C10H18O3/c1-8(13-2)7-10(9(11)12)5-3-4-6-10/h8H,3-7H2,1-2H3,(H,11,12). The fourth-order valence-electron chi connectivity index (χ4n) is 2.19. The number of carboxylic acids is 1. The van der Waals surface area contributed by atoms with Crippen LogP contribution in [0.25, 0.3) is 0 Å². The summed E-state index contributed by atoms with van der Waals surface area (Å²) in [6.45, 7) is 1.93. The summed E-state index contributed by atoms with van der Waals surface area (Å²) in [6, 6.07) is 0. The minimum absolute atomic E-state index is 0.0502. The van der Waals surface area contributed by atoms with Gasteiger partial charge in [-0.1, -0.05) is 12.8 Å². The number of carboxylic acid groups (broad SMARTS) is 1. The average Bonchev–Trinajstić information content (AvgIpc) is 2.54. The van der Waals surface area contributed by atoms with Gasteiger partial charge in [0.1, 0.15) is 0 Å². The minimum atomic E-state index is -0.645. The maximum atomic E-state index is 11.1. The molecule has 1 aliphatic carbocycles. The number of methoxy groups -OCH3 is 1. The molecule has 13 heavy (non-hydrogen) atoms. The summed E-state index contributed by atoms with van der Waals surface area (Å²) in [5.41, 5.74) is -0.491. The molecule has 0 saturated heterocycles. The topological polar surface area (TPSA) is 46.5 Å². The van der Waals surface area contributed by atoms with Crippen LogP contribution in [0.3, 0.4) is 0 Å². The molecule has 1 N–H and O–H groups in total. The Morgan fingerprint density at radius 3 is 2.46 bits per heavy atom. The monoisotopic (exact) mass is 186 g/mol. The first kappa shape index (κ1) is 10.5. The second-order valence-electron chi connectivity index (χ2n) is 4.04. The molecule has 1 atom stereocenters. The molecule has 3 heteroatoms. The number of hydrogen-bond donors (Lipinski definition) is 1. The van der Waals surface area contributed by atoms with Gasteiger partial charge in [0, 0.05) is 7.11 Å². The first-order valence-corrected chi connectivity index (χ1v) is 4.87. The van der Waals surface area contributed by atoms with E-state index in [1.54, 1.807) is 7.11 Å². The predicted molar refractivity (Wildman–Crippen MR) is 49.6 cm³/mol. The second-order valence-corrected chi connectivity index (χ2v) is 4.04. The molecule has 0 spiro atoms. The van der Waals surface area contributed by atoms with Crippen molar-refractivity contribution in [1.29, 1.82) is 0 Å². The van der Waals surface area contributed by atoms with E-state index in [2.05, 4.69) is 0 Å². The molecular weight excluding hydrogens is 168 g/mol. The second kappa shape index (κ2) is 4.09. The van der Waals surface area contributed by atoms with E-state index in [1.165, 1.54) is 0 Å². The van der Waals surface area contributed by atoms with E-state index in [1.807, 2.05) is 6.92 Å². The highest BCUT2D eigenvalue weighted by molar-refractivity contribution is 5.75. The zero-order valence-electron chi connectivity index (χ0n) is 8.38. The molecule has 1 saturated carbocycles. The van der Waals surface area contributed by atoms with Crippen molar-refractivity contribution in [3.05, 3.63) is 0 Å².